The molecule has 2 heterocycles. The Labute approximate surface area is 145 Å². The van der Waals surface area contributed by atoms with Crippen molar-refractivity contribution in [2.45, 2.75) is 57.1 Å². The molecule has 2 atom stereocenters. The Bertz CT molecular complexity index is 494. The number of rotatable bonds is 7. The van der Waals surface area contributed by atoms with Crippen molar-refractivity contribution in [3.8, 4) is 0 Å². The highest BCUT2D eigenvalue weighted by Crippen LogP contribution is 2.17. The van der Waals surface area contributed by atoms with E-state index in [1.807, 2.05) is 0 Å². The summed E-state index contributed by atoms with van der Waals surface area (Å²) in [7, 11) is 0. The second-order valence-corrected chi connectivity index (χ2v) is 7.08. The predicted octanol–water partition coefficient (Wildman–Crippen LogP) is 2.77. The molecule has 1 aromatic rings. The summed E-state index contributed by atoms with van der Waals surface area (Å²) in [6, 6.07) is 11.0. The summed E-state index contributed by atoms with van der Waals surface area (Å²) in [5.41, 5.74) is 1.35. The molecule has 0 bridgehead atoms. The summed E-state index contributed by atoms with van der Waals surface area (Å²) in [4.78, 5) is 14.8. The Morgan fingerprint density at radius 3 is 2.67 bits per heavy atom. The lowest BCUT2D eigenvalue weighted by atomic mass is 10.0. The molecule has 2 saturated heterocycles. The van der Waals surface area contributed by atoms with Crippen molar-refractivity contribution in [1.29, 1.82) is 0 Å². The fraction of sp³-hybridized carbons (Fsp3) is 0.650. The van der Waals surface area contributed by atoms with Crippen molar-refractivity contribution in [2.75, 3.05) is 26.2 Å². The first kappa shape index (κ1) is 17.4. The summed E-state index contributed by atoms with van der Waals surface area (Å²) >= 11 is 0. The second kappa shape index (κ2) is 9.19. The highest BCUT2D eigenvalue weighted by molar-refractivity contribution is 5.76. The lowest BCUT2D eigenvalue weighted by Crippen LogP contribution is -2.44. The van der Waals surface area contributed by atoms with Gasteiger partial charge in [0.15, 0.2) is 0 Å². The Morgan fingerprint density at radius 1 is 1.17 bits per heavy atom. The zero-order valence-corrected chi connectivity index (χ0v) is 14.6. The molecule has 4 heteroatoms. The lowest BCUT2D eigenvalue weighted by molar-refractivity contribution is -0.125. The molecule has 1 amide bonds. The van der Waals surface area contributed by atoms with Gasteiger partial charge in [0.05, 0.1) is 12.5 Å². The van der Waals surface area contributed by atoms with E-state index in [1.54, 1.807) is 0 Å². The van der Waals surface area contributed by atoms with Gasteiger partial charge in [0, 0.05) is 19.2 Å². The predicted molar refractivity (Wildman–Crippen MR) is 96.0 cm³/mol. The van der Waals surface area contributed by atoms with Gasteiger partial charge < -0.3 is 10.1 Å². The first-order valence-corrected chi connectivity index (χ1v) is 9.47. The minimum Gasteiger partial charge on any atom is -0.378 e. The summed E-state index contributed by atoms with van der Waals surface area (Å²) in [5, 5.41) is 3.17. The van der Waals surface area contributed by atoms with Crippen molar-refractivity contribution >= 4 is 5.91 Å². The third-order valence-electron chi connectivity index (χ3n) is 5.19. The zero-order valence-electron chi connectivity index (χ0n) is 14.6. The van der Waals surface area contributed by atoms with Crippen LogP contribution in [0.2, 0.25) is 0 Å². The zero-order chi connectivity index (χ0) is 16.6. The number of nitrogens with zero attached hydrogens (tertiary/aromatic N) is 1. The lowest BCUT2D eigenvalue weighted by Gasteiger charge is -2.28. The topological polar surface area (TPSA) is 41.6 Å². The third kappa shape index (κ3) is 5.32. The number of benzene rings is 1. The molecule has 1 aromatic carbocycles. The number of carbonyl (C=O) groups is 1. The molecule has 0 aromatic heterocycles. The van der Waals surface area contributed by atoms with E-state index in [2.05, 4.69) is 40.5 Å². The van der Waals surface area contributed by atoms with Gasteiger partial charge in [-0.05, 0) is 57.2 Å². The van der Waals surface area contributed by atoms with Gasteiger partial charge in [-0.15, -0.1) is 0 Å². The fourth-order valence-electron chi connectivity index (χ4n) is 3.80. The molecule has 2 aliphatic heterocycles. The molecule has 1 N–H and O–H groups in total. The molecular formula is C20H30N2O2. The van der Waals surface area contributed by atoms with E-state index >= 15 is 0 Å². The van der Waals surface area contributed by atoms with Crippen LogP contribution in [0, 0.1) is 0 Å². The Morgan fingerprint density at radius 2 is 1.96 bits per heavy atom. The van der Waals surface area contributed by atoms with Crippen LogP contribution >= 0.6 is 0 Å². The Balaban J connectivity index is 1.50. The summed E-state index contributed by atoms with van der Waals surface area (Å²) in [5.74, 6) is 0.138. The van der Waals surface area contributed by atoms with Crippen LogP contribution in [0.25, 0.3) is 0 Å². The number of hydrogen-bond donors (Lipinski definition) is 1. The van der Waals surface area contributed by atoms with E-state index in [0.29, 0.717) is 12.5 Å². The highest BCUT2D eigenvalue weighted by Gasteiger charge is 2.23. The minimum atomic E-state index is 0.123. The van der Waals surface area contributed by atoms with Crippen LogP contribution in [0.4, 0.5) is 0 Å². The van der Waals surface area contributed by atoms with Crippen molar-refractivity contribution in [3.63, 3.8) is 0 Å². The maximum Gasteiger partial charge on any atom is 0.222 e. The van der Waals surface area contributed by atoms with Gasteiger partial charge in [-0.1, -0.05) is 30.3 Å². The quantitative estimate of drug-likeness (QED) is 0.836. The molecule has 132 valence electrons. The number of ether oxygens (including phenoxy) is 1. The molecule has 2 aliphatic rings. The second-order valence-electron chi connectivity index (χ2n) is 7.08. The van der Waals surface area contributed by atoms with Crippen molar-refractivity contribution in [3.05, 3.63) is 35.9 Å². The van der Waals surface area contributed by atoms with E-state index in [9.17, 15) is 4.79 Å². The van der Waals surface area contributed by atoms with E-state index in [0.717, 1.165) is 45.5 Å². The molecule has 0 saturated carbocycles. The number of hydrogen-bond acceptors (Lipinski definition) is 3. The monoisotopic (exact) mass is 330 g/mol. The van der Waals surface area contributed by atoms with E-state index in [-0.39, 0.29) is 12.0 Å². The van der Waals surface area contributed by atoms with Gasteiger partial charge in [0.1, 0.15) is 0 Å². The van der Waals surface area contributed by atoms with Crippen LogP contribution in [-0.2, 0) is 16.0 Å². The molecule has 0 spiro atoms. The van der Waals surface area contributed by atoms with Crippen molar-refractivity contribution in [2.24, 2.45) is 0 Å². The smallest absolute Gasteiger partial charge is 0.222 e. The van der Waals surface area contributed by atoms with Crippen LogP contribution in [0.15, 0.2) is 30.3 Å². The number of amides is 1. The first-order valence-electron chi connectivity index (χ1n) is 9.47. The molecular weight excluding hydrogens is 300 g/mol. The van der Waals surface area contributed by atoms with E-state index in [4.69, 9.17) is 4.74 Å². The number of likely N-dealkylation sites (tertiary alicyclic amines) is 1. The molecule has 24 heavy (non-hydrogen) atoms. The van der Waals surface area contributed by atoms with Crippen LogP contribution in [-0.4, -0.2) is 49.2 Å². The van der Waals surface area contributed by atoms with Crippen LogP contribution < -0.4 is 5.32 Å². The van der Waals surface area contributed by atoms with Gasteiger partial charge in [-0.2, -0.15) is 0 Å². The van der Waals surface area contributed by atoms with Crippen LogP contribution in [0.3, 0.4) is 0 Å². The van der Waals surface area contributed by atoms with Gasteiger partial charge in [0.25, 0.3) is 0 Å². The van der Waals surface area contributed by atoms with Crippen molar-refractivity contribution in [1.82, 2.24) is 10.2 Å². The standard InChI is InChI=1S/C20H30N2O2/c23-20(15-19-10-4-7-13-24-19)21-16-18(22-11-5-6-12-22)14-17-8-2-1-3-9-17/h1-3,8-9,18-19H,4-7,10-16H2,(H,21,23). The average Bonchev–Trinajstić information content (AvgIpc) is 3.15. The Kier molecular flexibility index (Phi) is 6.67. The van der Waals surface area contributed by atoms with Crippen molar-refractivity contribution < 1.29 is 9.53 Å². The van der Waals surface area contributed by atoms with Gasteiger partial charge >= 0.3 is 0 Å². The Hall–Kier alpha value is -1.39. The largest absolute Gasteiger partial charge is 0.378 e. The molecule has 4 nitrogen and oxygen atoms in total. The summed E-state index contributed by atoms with van der Waals surface area (Å²) < 4.78 is 5.68. The molecule has 0 radical (unpaired) electrons. The highest BCUT2D eigenvalue weighted by atomic mass is 16.5. The molecule has 2 unspecified atom stereocenters. The van der Waals surface area contributed by atoms with Gasteiger partial charge in [0.2, 0.25) is 5.91 Å². The average molecular weight is 330 g/mol. The van der Waals surface area contributed by atoms with Gasteiger partial charge in [-0.25, -0.2) is 0 Å². The van der Waals surface area contributed by atoms with Gasteiger partial charge in [-0.3, -0.25) is 9.69 Å². The summed E-state index contributed by atoms with van der Waals surface area (Å²) in [6.07, 6.45) is 7.52. The fourth-order valence-corrected chi connectivity index (χ4v) is 3.80. The third-order valence-corrected chi connectivity index (χ3v) is 5.19. The normalized spacial score (nSPS) is 23.1. The number of carbonyl (C=O) groups excluding carboxylic acids is 1. The minimum absolute atomic E-state index is 0.123. The molecule has 0 aliphatic carbocycles. The molecule has 3 rings (SSSR count). The number of nitrogens with one attached hydrogen (secondary N) is 1. The maximum absolute atomic E-state index is 12.3. The molecule has 2 fully saturated rings. The SMILES string of the molecule is O=C(CC1CCCCO1)NCC(Cc1ccccc1)N1CCCC1. The van der Waals surface area contributed by atoms with E-state index < -0.39 is 0 Å². The van der Waals surface area contributed by atoms with Crippen LogP contribution in [0.5, 0.6) is 0 Å². The van der Waals surface area contributed by atoms with Crippen LogP contribution in [0.1, 0.15) is 44.1 Å². The van der Waals surface area contributed by atoms with E-state index in [1.165, 1.54) is 24.8 Å². The maximum atomic E-state index is 12.3. The summed E-state index contributed by atoms with van der Waals surface area (Å²) in [6.45, 7) is 3.85. The first-order chi connectivity index (χ1) is 11.8.